The number of carbonyl (C=O) groups excluding carboxylic acids is 1. The number of nitrogens with one attached hydrogen (secondary N) is 1. The van der Waals surface area contributed by atoms with Gasteiger partial charge in [-0.2, -0.15) is 0 Å². The molecule has 1 aromatic rings. The van der Waals surface area contributed by atoms with Gasteiger partial charge in [-0.25, -0.2) is 13.1 Å². The topological polar surface area (TPSA) is 66.5 Å². The van der Waals surface area contributed by atoms with Gasteiger partial charge in [0.15, 0.2) is 0 Å². The maximum absolute atomic E-state index is 11.7. The molecule has 0 saturated heterocycles. The van der Waals surface area contributed by atoms with Crippen LogP contribution in [0, 0.1) is 6.92 Å². The smallest absolute Gasteiger partial charge is 0.219 e. The Hall–Kier alpha value is -1.40. The molecule has 0 saturated carbocycles. The predicted octanol–water partition coefficient (Wildman–Crippen LogP) is 1.67. The van der Waals surface area contributed by atoms with Crippen molar-refractivity contribution in [3.63, 3.8) is 0 Å². The number of rotatable bonds is 8. The molecule has 0 bridgehead atoms. The van der Waals surface area contributed by atoms with E-state index < -0.39 is 10.0 Å². The number of sulfonamides is 1. The Morgan fingerprint density at radius 1 is 1.29 bits per heavy atom. The molecule has 0 aliphatic carbocycles. The van der Waals surface area contributed by atoms with E-state index in [4.69, 9.17) is 0 Å². The summed E-state index contributed by atoms with van der Waals surface area (Å²) in [6.45, 7) is 6.42. The Labute approximate surface area is 127 Å². The summed E-state index contributed by atoms with van der Waals surface area (Å²) in [6, 6.07) is 7.87. The van der Waals surface area contributed by atoms with E-state index in [1.807, 2.05) is 38.1 Å². The number of carbonyl (C=O) groups is 1. The van der Waals surface area contributed by atoms with Crippen molar-refractivity contribution < 1.29 is 13.2 Å². The Bertz CT molecular complexity index is 570. The van der Waals surface area contributed by atoms with Crippen LogP contribution in [0.25, 0.3) is 0 Å². The minimum absolute atomic E-state index is 0.0621. The Kier molecular flexibility index (Phi) is 6.84. The van der Waals surface area contributed by atoms with Gasteiger partial charge in [0.1, 0.15) is 0 Å². The standard InChI is InChI=1S/C15H24N2O3S/c1-4-11-21(19,20)16-9-10-17(14(3)18)12-15-8-6-5-7-13(15)2/h5-8,16H,4,9-12H2,1-3H3. The van der Waals surface area contributed by atoms with Crippen molar-refractivity contribution >= 4 is 15.9 Å². The summed E-state index contributed by atoms with van der Waals surface area (Å²) in [5, 5.41) is 0. The lowest BCUT2D eigenvalue weighted by molar-refractivity contribution is -0.129. The van der Waals surface area contributed by atoms with Crippen molar-refractivity contribution in [3.05, 3.63) is 35.4 Å². The summed E-state index contributed by atoms with van der Waals surface area (Å²) in [7, 11) is -3.22. The lowest BCUT2D eigenvalue weighted by Crippen LogP contribution is -2.37. The molecule has 0 spiro atoms. The number of hydrogen-bond acceptors (Lipinski definition) is 3. The highest BCUT2D eigenvalue weighted by atomic mass is 32.2. The zero-order valence-corrected chi connectivity index (χ0v) is 13.7. The van der Waals surface area contributed by atoms with Crippen LogP contribution in [-0.4, -0.2) is 38.1 Å². The van der Waals surface area contributed by atoms with Crippen molar-refractivity contribution in [1.29, 1.82) is 0 Å². The third-order valence-corrected chi connectivity index (χ3v) is 4.83. The molecule has 0 radical (unpaired) electrons. The van der Waals surface area contributed by atoms with Crippen molar-refractivity contribution in [2.75, 3.05) is 18.8 Å². The Morgan fingerprint density at radius 2 is 1.95 bits per heavy atom. The van der Waals surface area contributed by atoms with Gasteiger partial charge in [0, 0.05) is 26.6 Å². The molecule has 1 amide bonds. The minimum Gasteiger partial charge on any atom is -0.337 e. The molecule has 118 valence electrons. The third-order valence-electron chi connectivity index (χ3n) is 3.24. The number of nitrogens with zero attached hydrogens (tertiary/aromatic N) is 1. The normalized spacial score (nSPS) is 11.4. The zero-order chi connectivity index (χ0) is 15.9. The number of amides is 1. The molecule has 0 aliphatic heterocycles. The van der Waals surface area contributed by atoms with E-state index in [0.29, 0.717) is 19.5 Å². The maximum Gasteiger partial charge on any atom is 0.219 e. The molecule has 0 aromatic heterocycles. The van der Waals surface area contributed by atoms with Crippen LogP contribution in [0.1, 0.15) is 31.4 Å². The average molecular weight is 312 g/mol. The van der Waals surface area contributed by atoms with Gasteiger partial charge in [-0.15, -0.1) is 0 Å². The Balaban J connectivity index is 2.60. The van der Waals surface area contributed by atoms with Crippen LogP contribution >= 0.6 is 0 Å². The number of aryl methyl sites for hydroxylation is 1. The van der Waals surface area contributed by atoms with E-state index >= 15 is 0 Å². The summed E-state index contributed by atoms with van der Waals surface area (Å²) < 4.78 is 25.7. The van der Waals surface area contributed by atoms with E-state index in [-0.39, 0.29) is 18.2 Å². The molecule has 0 aliphatic rings. The highest BCUT2D eigenvalue weighted by molar-refractivity contribution is 7.89. The molecule has 1 rings (SSSR count). The van der Waals surface area contributed by atoms with Crippen LogP contribution in [0.3, 0.4) is 0 Å². The molecule has 0 fully saturated rings. The van der Waals surface area contributed by atoms with E-state index in [0.717, 1.165) is 11.1 Å². The molecule has 0 heterocycles. The molecule has 5 nitrogen and oxygen atoms in total. The van der Waals surface area contributed by atoms with Crippen LogP contribution in [0.2, 0.25) is 0 Å². The fourth-order valence-electron chi connectivity index (χ4n) is 2.02. The van der Waals surface area contributed by atoms with Gasteiger partial charge in [-0.3, -0.25) is 4.79 Å². The second-order valence-corrected chi connectivity index (χ2v) is 7.01. The van der Waals surface area contributed by atoms with Gasteiger partial charge in [0.2, 0.25) is 15.9 Å². The second kappa shape index (κ2) is 8.14. The van der Waals surface area contributed by atoms with E-state index in [1.165, 1.54) is 6.92 Å². The summed E-state index contributed by atoms with van der Waals surface area (Å²) in [4.78, 5) is 13.3. The van der Waals surface area contributed by atoms with Gasteiger partial charge >= 0.3 is 0 Å². The van der Waals surface area contributed by atoms with Gasteiger partial charge in [0.05, 0.1) is 5.75 Å². The number of hydrogen-bond donors (Lipinski definition) is 1. The first kappa shape index (κ1) is 17.7. The first-order chi connectivity index (χ1) is 9.85. The van der Waals surface area contributed by atoms with E-state index in [2.05, 4.69) is 4.72 Å². The summed E-state index contributed by atoms with van der Waals surface area (Å²) in [5.74, 6) is 0.0538. The first-order valence-electron chi connectivity index (χ1n) is 7.13. The average Bonchev–Trinajstić information content (AvgIpc) is 2.39. The molecular formula is C15H24N2O3S. The first-order valence-corrected chi connectivity index (χ1v) is 8.78. The van der Waals surface area contributed by atoms with Crippen LogP contribution < -0.4 is 4.72 Å². The lowest BCUT2D eigenvalue weighted by atomic mass is 10.1. The van der Waals surface area contributed by atoms with Gasteiger partial charge in [0.25, 0.3) is 0 Å². The Morgan fingerprint density at radius 3 is 2.52 bits per heavy atom. The largest absolute Gasteiger partial charge is 0.337 e. The van der Waals surface area contributed by atoms with Crippen molar-refractivity contribution in [2.24, 2.45) is 0 Å². The number of benzene rings is 1. The third kappa shape index (κ3) is 6.27. The van der Waals surface area contributed by atoms with Crippen molar-refractivity contribution in [3.8, 4) is 0 Å². The molecule has 1 aromatic carbocycles. The minimum atomic E-state index is -3.22. The van der Waals surface area contributed by atoms with Crippen LogP contribution in [-0.2, 0) is 21.4 Å². The van der Waals surface area contributed by atoms with E-state index in [9.17, 15) is 13.2 Å². The predicted molar refractivity (Wildman–Crippen MR) is 84.4 cm³/mol. The summed E-state index contributed by atoms with van der Waals surface area (Å²) >= 11 is 0. The molecule has 21 heavy (non-hydrogen) atoms. The zero-order valence-electron chi connectivity index (χ0n) is 12.9. The fourth-order valence-corrected chi connectivity index (χ4v) is 3.10. The van der Waals surface area contributed by atoms with E-state index in [1.54, 1.807) is 4.90 Å². The van der Waals surface area contributed by atoms with Crippen LogP contribution in [0.15, 0.2) is 24.3 Å². The lowest BCUT2D eigenvalue weighted by Gasteiger charge is -2.22. The highest BCUT2D eigenvalue weighted by Crippen LogP contribution is 2.10. The monoisotopic (exact) mass is 312 g/mol. The molecule has 0 unspecified atom stereocenters. The molecule has 6 heteroatoms. The van der Waals surface area contributed by atoms with Crippen LogP contribution in [0.5, 0.6) is 0 Å². The van der Waals surface area contributed by atoms with Crippen LogP contribution in [0.4, 0.5) is 0 Å². The quantitative estimate of drug-likeness (QED) is 0.794. The van der Waals surface area contributed by atoms with Gasteiger partial charge in [-0.1, -0.05) is 31.2 Å². The SMILES string of the molecule is CCCS(=O)(=O)NCCN(Cc1ccccc1C)C(C)=O. The van der Waals surface area contributed by atoms with Gasteiger partial charge in [-0.05, 0) is 24.5 Å². The highest BCUT2D eigenvalue weighted by Gasteiger charge is 2.13. The summed E-state index contributed by atoms with van der Waals surface area (Å²) in [6.07, 6.45) is 0.578. The van der Waals surface area contributed by atoms with Crippen molar-refractivity contribution in [2.45, 2.75) is 33.7 Å². The fraction of sp³-hybridized carbons (Fsp3) is 0.533. The summed E-state index contributed by atoms with van der Waals surface area (Å²) in [5.41, 5.74) is 2.19. The maximum atomic E-state index is 11.7. The molecular weight excluding hydrogens is 288 g/mol. The van der Waals surface area contributed by atoms with Gasteiger partial charge < -0.3 is 4.90 Å². The van der Waals surface area contributed by atoms with Crippen molar-refractivity contribution in [1.82, 2.24) is 9.62 Å². The second-order valence-electron chi connectivity index (χ2n) is 5.08. The molecule has 0 atom stereocenters. The molecule has 1 N–H and O–H groups in total.